The van der Waals surface area contributed by atoms with Crippen LogP contribution in [0.15, 0.2) is 27.5 Å². The van der Waals surface area contributed by atoms with E-state index in [1.807, 2.05) is 18.4 Å². The van der Waals surface area contributed by atoms with Crippen molar-refractivity contribution >= 4 is 57.4 Å². The van der Waals surface area contributed by atoms with E-state index in [-0.39, 0.29) is 22.4 Å². The van der Waals surface area contributed by atoms with Crippen LogP contribution >= 0.6 is 36.2 Å². The zero-order valence-electron chi connectivity index (χ0n) is 9.99. The molecule has 1 aromatic carbocycles. The number of oxazole rings is 1. The van der Waals surface area contributed by atoms with Gasteiger partial charge in [0.05, 0.1) is 0 Å². The predicted octanol–water partition coefficient (Wildman–Crippen LogP) is 3.79. The van der Waals surface area contributed by atoms with E-state index in [9.17, 15) is 10.2 Å². The number of rotatable bonds is 5. The third-order valence-corrected chi connectivity index (χ3v) is 3.81. The summed E-state index contributed by atoms with van der Waals surface area (Å²) < 4.78 is 5.59. The van der Waals surface area contributed by atoms with E-state index in [1.54, 1.807) is 17.8 Å². The van der Waals surface area contributed by atoms with Crippen LogP contribution in [0.1, 0.15) is 18.2 Å². The molecule has 0 amide bonds. The quantitative estimate of drug-likeness (QED) is 0.643. The van der Waals surface area contributed by atoms with Crippen LogP contribution in [0.3, 0.4) is 0 Å². The number of aliphatic hydroxyl groups is 2. The van der Waals surface area contributed by atoms with Gasteiger partial charge in [0.2, 0.25) is 5.89 Å². The van der Waals surface area contributed by atoms with Gasteiger partial charge in [-0.05, 0) is 42.8 Å². The van der Waals surface area contributed by atoms with Gasteiger partial charge >= 0.3 is 0 Å². The molecule has 1 unspecified atom stereocenters. The minimum atomic E-state index is -0.699. The summed E-state index contributed by atoms with van der Waals surface area (Å²) in [6.45, 7) is 0. The molecule has 19 heavy (non-hydrogen) atoms. The smallest absolute Gasteiger partial charge is 0.207 e. The first-order valence-electron chi connectivity index (χ1n) is 5.41. The predicted molar refractivity (Wildman–Crippen MR) is 83.6 cm³/mol. The summed E-state index contributed by atoms with van der Waals surface area (Å²) in [6, 6.07) is 5.59. The molecule has 2 rings (SSSR count). The van der Waals surface area contributed by atoms with E-state index < -0.39 is 5.92 Å². The lowest BCUT2D eigenvalue weighted by Crippen LogP contribution is -2.13. The summed E-state index contributed by atoms with van der Waals surface area (Å²) in [5.41, 5.74) is 1.34. The Morgan fingerprint density at radius 1 is 1.42 bits per heavy atom. The molecule has 0 saturated heterocycles. The maximum absolute atomic E-state index is 9.52. The Labute approximate surface area is 124 Å². The number of hydrogen-bond donors (Lipinski definition) is 2. The van der Waals surface area contributed by atoms with Crippen LogP contribution in [0.5, 0.6) is 0 Å². The van der Waals surface area contributed by atoms with E-state index in [0.29, 0.717) is 5.58 Å². The maximum Gasteiger partial charge on any atom is 0.207 e. The van der Waals surface area contributed by atoms with Crippen LogP contribution in [-0.4, -0.2) is 31.6 Å². The SMILES string of the molecule is CSc1cccc2oc(C(CC(O)=S)C(O)=S)nc12. The summed E-state index contributed by atoms with van der Waals surface area (Å²) in [5, 5.41) is 18.2. The highest BCUT2D eigenvalue weighted by Crippen LogP contribution is 2.30. The Morgan fingerprint density at radius 2 is 2.16 bits per heavy atom. The molecule has 4 nitrogen and oxygen atoms in total. The number of para-hydroxylation sites is 1. The molecule has 7 heteroatoms. The molecule has 0 radical (unpaired) electrons. The lowest BCUT2D eigenvalue weighted by Gasteiger charge is -2.07. The van der Waals surface area contributed by atoms with Crippen LogP contribution in [0.4, 0.5) is 0 Å². The average Bonchev–Trinajstić information content (AvgIpc) is 2.78. The summed E-state index contributed by atoms with van der Waals surface area (Å²) in [4.78, 5) is 5.33. The standard InChI is InChI=1S/C12H11NO3S3/c1-19-8-4-2-3-7-10(8)13-11(16-7)6(12(15)18)5-9(14)17/h2-4,6H,5H2,1H3,(H,14,17)(H,15,18). The van der Waals surface area contributed by atoms with Gasteiger partial charge in [-0.25, -0.2) is 4.98 Å². The molecular weight excluding hydrogens is 302 g/mol. The van der Waals surface area contributed by atoms with Gasteiger partial charge in [0, 0.05) is 11.3 Å². The highest BCUT2D eigenvalue weighted by molar-refractivity contribution is 7.98. The summed E-state index contributed by atoms with van der Waals surface area (Å²) in [6.07, 6.45) is 1.96. The van der Waals surface area contributed by atoms with Gasteiger partial charge in [0.25, 0.3) is 0 Å². The van der Waals surface area contributed by atoms with Crippen molar-refractivity contribution in [3.05, 3.63) is 24.1 Å². The number of benzene rings is 1. The van der Waals surface area contributed by atoms with Crippen molar-refractivity contribution in [1.82, 2.24) is 4.98 Å². The van der Waals surface area contributed by atoms with Crippen molar-refractivity contribution in [2.75, 3.05) is 6.26 Å². The maximum atomic E-state index is 9.52. The topological polar surface area (TPSA) is 66.5 Å². The van der Waals surface area contributed by atoms with Crippen LogP contribution < -0.4 is 0 Å². The number of thioether (sulfide) groups is 1. The first kappa shape index (κ1) is 14.2. The number of nitrogens with zero attached hydrogens (tertiary/aromatic N) is 1. The third kappa shape index (κ3) is 3.05. The van der Waals surface area contributed by atoms with E-state index in [4.69, 9.17) is 16.6 Å². The molecule has 0 spiro atoms. The fraction of sp³-hybridized carbons (Fsp3) is 0.250. The molecule has 0 aliphatic rings. The van der Waals surface area contributed by atoms with Gasteiger partial charge in [-0.3, -0.25) is 0 Å². The third-order valence-electron chi connectivity index (χ3n) is 2.59. The lowest BCUT2D eigenvalue weighted by molar-refractivity contribution is 0.459. The van der Waals surface area contributed by atoms with Crippen LogP contribution in [0.2, 0.25) is 0 Å². The number of thiocarbonyl (C=S) groups is 2. The number of hydrogen-bond acceptors (Lipinski definition) is 5. The van der Waals surface area contributed by atoms with Gasteiger partial charge in [0.1, 0.15) is 11.4 Å². The zero-order valence-corrected chi connectivity index (χ0v) is 12.4. The minimum Gasteiger partial charge on any atom is -0.502 e. The van der Waals surface area contributed by atoms with E-state index >= 15 is 0 Å². The Hall–Kier alpha value is -1.18. The van der Waals surface area contributed by atoms with Gasteiger partial charge < -0.3 is 14.6 Å². The molecule has 0 aliphatic carbocycles. The zero-order chi connectivity index (χ0) is 14.0. The van der Waals surface area contributed by atoms with Crippen molar-refractivity contribution in [2.45, 2.75) is 17.2 Å². The van der Waals surface area contributed by atoms with Crippen LogP contribution in [0, 0.1) is 0 Å². The largest absolute Gasteiger partial charge is 0.502 e. The van der Waals surface area contributed by atoms with Crippen LogP contribution in [-0.2, 0) is 0 Å². The molecule has 1 atom stereocenters. The highest BCUT2D eigenvalue weighted by atomic mass is 32.2. The Kier molecular flexibility index (Phi) is 4.38. The molecular formula is C12H11NO3S3. The first-order chi connectivity index (χ1) is 9.02. The van der Waals surface area contributed by atoms with E-state index in [2.05, 4.69) is 17.2 Å². The molecule has 0 aliphatic heterocycles. The van der Waals surface area contributed by atoms with E-state index in [1.165, 1.54) is 0 Å². The first-order valence-corrected chi connectivity index (χ1v) is 7.45. The van der Waals surface area contributed by atoms with Crippen molar-refractivity contribution < 1.29 is 14.6 Å². The van der Waals surface area contributed by atoms with Crippen molar-refractivity contribution in [3.63, 3.8) is 0 Å². The van der Waals surface area contributed by atoms with Gasteiger partial charge in [-0.1, -0.05) is 6.07 Å². The monoisotopic (exact) mass is 313 g/mol. The second-order valence-electron chi connectivity index (χ2n) is 3.85. The fourth-order valence-corrected chi connectivity index (χ4v) is 2.61. The van der Waals surface area contributed by atoms with E-state index in [0.717, 1.165) is 10.4 Å². The average molecular weight is 313 g/mol. The fourth-order valence-electron chi connectivity index (χ4n) is 1.71. The molecule has 1 aromatic heterocycles. The second kappa shape index (κ2) is 5.85. The Morgan fingerprint density at radius 3 is 2.74 bits per heavy atom. The highest BCUT2D eigenvalue weighted by Gasteiger charge is 2.24. The van der Waals surface area contributed by atoms with Crippen molar-refractivity contribution in [2.24, 2.45) is 0 Å². The Balaban J connectivity index is 2.49. The van der Waals surface area contributed by atoms with Crippen molar-refractivity contribution in [1.29, 1.82) is 0 Å². The summed E-state index contributed by atoms with van der Waals surface area (Å²) in [5.74, 6) is -0.435. The normalized spacial score (nSPS) is 12.5. The summed E-state index contributed by atoms with van der Waals surface area (Å²) in [7, 11) is 0. The minimum absolute atomic E-state index is 0.0199. The molecule has 2 aromatic rings. The lowest BCUT2D eigenvalue weighted by atomic mass is 10.1. The molecule has 0 saturated carbocycles. The Bertz CT molecular complexity index is 638. The summed E-state index contributed by atoms with van der Waals surface area (Å²) >= 11 is 10.9. The molecule has 2 N–H and O–H groups in total. The van der Waals surface area contributed by atoms with Crippen LogP contribution in [0.25, 0.3) is 11.1 Å². The number of aliphatic hydroxyl groups excluding tert-OH is 2. The molecule has 1 heterocycles. The van der Waals surface area contributed by atoms with Gasteiger partial charge in [-0.2, -0.15) is 0 Å². The van der Waals surface area contributed by atoms with Gasteiger partial charge in [0.15, 0.2) is 15.7 Å². The van der Waals surface area contributed by atoms with Gasteiger partial charge in [-0.15, -0.1) is 11.8 Å². The molecule has 0 bridgehead atoms. The molecule has 0 fully saturated rings. The molecule has 100 valence electrons. The second-order valence-corrected chi connectivity index (χ2v) is 5.59. The number of aromatic nitrogens is 1. The van der Waals surface area contributed by atoms with Crippen molar-refractivity contribution in [3.8, 4) is 0 Å². The number of fused-ring (bicyclic) bond motifs is 1.